The Hall–Kier alpha value is -2.34. The lowest BCUT2D eigenvalue weighted by molar-refractivity contribution is 0.0951. The molecule has 2 N–H and O–H groups in total. The van der Waals surface area contributed by atoms with Crippen molar-refractivity contribution in [2.45, 2.75) is 24.8 Å². The van der Waals surface area contributed by atoms with Crippen molar-refractivity contribution in [2.24, 2.45) is 0 Å². The summed E-state index contributed by atoms with van der Waals surface area (Å²) in [5.41, 5.74) is 2.42. The van der Waals surface area contributed by atoms with Gasteiger partial charge >= 0.3 is 0 Å². The van der Waals surface area contributed by atoms with E-state index >= 15 is 0 Å². The average molecular weight is 346 g/mol. The molecule has 0 radical (unpaired) electrons. The Morgan fingerprint density at radius 1 is 1.00 bits per heavy atom. The van der Waals surface area contributed by atoms with Gasteiger partial charge < -0.3 is 10.6 Å². The summed E-state index contributed by atoms with van der Waals surface area (Å²) in [5.74, 6) is -0.163. The lowest BCUT2D eigenvalue weighted by Gasteiger charge is -2.08. The highest BCUT2D eigenvalue weighted by molar-refractivity contribution is 7.90. The zero-order valence-electron chi connectivity index (χ0n) is 13.9. The van der Waals surface area contributed by atoms with Gasteiger partial charge in [-0.1, -0.05) is 19.1 Å². The minimum Gasteiger partial charge on any atom is -0.385 e. The summed E-state index contributed by atoms with van der Waals surface area (Å²) in [4.78, 5) is 12.4. The van der Waals surface area contributed by atoms with Crippen LogP contribution >= 0.6 is 0 Å². The molecule has 0 spiro atoms. The molecular formula is C18H22N2O3S. The van der Waals surface area contributed by atoms with E-state index in [0.29, 0.717) is 12.1 Å². The zero-order valence-corrected chi connectivity index (χ0v) is 14.7. The summed E-state index contributed by atoms with van der Waals surface area (Å²) in [6, 6.07) is 13.8. The topological polar surface area (TPSA) is 75.3 Å². The number of hydrogen-bond donors (Lipinski definition) is 2. The van der Waals surface area contributed by atoms with E-state index in [1.54, 1.807) is 36.4 Å². The smallest absolute Gasteiger partial charge is 0.251 e. The van der Waals surface area contributed by atoms with E-state index < -0.39 is 9.84 Å². The van der Waals surface area contributed by atoms with Crippen LogP contribution in [0.15, 0.2) is 53.4 Å². The van der Waals surface area contributed by atoms with Crippen molar-refractivity contribution >= 4 is 21.4 Å². The largest absolute Gasteiger partial charge is 0.385 e. The first-order valence-electron chi connectivity index (χ1n) is 7.81. The maximum absolute atomic E-state index is 12.1. The summed E-state index contributed by atoms with van der Waals surface area (Å²) in [6.07, 6.45) is 2.21. The van der Waals surface area contributed by atoms with Crippen LogP contribution in [0.1, 0.15) is 29.3 Å². The fourth-order valence-corrected chi connectivity index (χ4v) is 2.78. The molecule has 0 fully saturated rings. The Morgan fingerprint density at radius 3 is 2.17 bits per heavy atom. The van der Waals surface area contributed by atoms with Crippen LogP contribution in [0.25, 0.3) is 0 Å². The maximum Gasteiger partial charge on any atom is 0.251 e. The number of rotatable bonds is 7. The van der Waals surface area contributed by atoms with Gasteiger partial charge in [-0.25, -0.2) is 8.42 Å². The van der Waals surface area contributed by atoms with Crippen LogP contribution in [-0.2, 0) is 16.4 Å². The van der Waals surface area contributed by atoms with Gasteiger partial charge in [0.2, 0.25) is 0 Å². The van der Waals surface area contributed by atoms with Crippen LogP contribution in [0.3, 0.4) is 0 Å². The quantitative estimate of drug-likeness (QED) is 0.808. The van der Waals surface area contributed by atoms with E-state index in [1.165, 1.54) is 6.26 Å². The highest BCUT2D eigenvalue weighted by Gasteiger charge is 2.08. The third-order valence-electron chi connectivity index (χ3n) is 3.53. The molecule has 0 bridgehead atoms. The Morgan fingerprint density at radius 2 is 1.62 bits per heavy atom. The van der Waals surface area contributed by atoms with E-state index in [4.69, 9.17) is 0 Å². The highest BCUT2D eigenvalue weighted by Crippen LogP contribution is 2.12. The minimum absolute atomic E-state index is 0.163. The van der Waals surface area contributed by atoms with Gasteiger partial charge in [0, 0.05) is 30.6 Å². The molecule has 0 saturated heterocycles. The number of carbonyl (C=O) groups is 1. The van der Waals surface area contributed by atoms with E-state index in [0.717, 1.165) is 24.2 Å². The van der Waals surface area contributed by atoms with Gasteiger partial charge in [0.25, 0.3) is 5.91 Å². The van der Waals surface area contributed by atoms with Crippen LogP contribution in [0.5, 0.6) is 0 Å². The maximum atomic E-state index is 12.1. The molecule has 5 nitrogen and oxygen atoms in total. The number of hydrogen-bond acceptors (Lipinski definition) is 4. The Labute approximate surface area is 143 Å². The van der Waals surface area contributed by atoms with Crippen LogP contribution in [0.2, 0.25) is 0 Å². The third-order valence-corrected chi connectivity index (χ3v) is 4.66. The summed E-state index contributed by atoms with van der Waals surface area (Å²) in [5, 5.41) is 6.08. The van der Waals surface area contributed by atoms with Crippen LogP contribution in [0.4, 0.5) is 5.69 Å². The van der Waals surface area contributed by atoms with Crippen molar-refractivity contribution in [3.8, 4) is 0 Å². The number of sulfone groups is 1. The summed E-state index contributed by atoms with van der Waals surface area (Å²) in [6.45, 7) is 3.34. The molecule has 2 rings (SSSR count). The molecule has 0 aliphatic heterocycles. The zero-order chi connectivity index (χ0) is 17.6. The molecule has 0 saturated carbocycles. The molecular weight excluding hydrogens is 324 g/mol. The summed E-state index contributed by atoms with van der Waals surface area (Å²) >= 11 is 0. The van der Waals surface area contributed by atoms with E-state index in [2.05, 4.69) is 17.6 Å². The lowest BCUT2D eigenvalue weighted by Crippen LogP contribution is -2.22. The fraction of sp³-hybridized carbons (Fsp3) is 0.278. The standard InChI is InChI=1S/C18H22N2O3S/c1-3-12-19-16-8-6-15(7-9-16)18(21)20-13-14-4-10-17(11-5-14)24(2,22)23/h4-11,19H,3,12-13H2,1-2H3,(H,20,21). The van der Waals surface area contributed by atoms with E-state index in [-0.39, 0.29) is 10.8 Å². The summed E-state index contributed by atoms with van der Waals surface area (Å²) < 4.78 is 22.8. The average Bonchev–Trinajstić information content (AvgIpc) is 2.58. The van der Waals surface area contributed by atoms with Crippen molar-refractivity contribution in [1.82, 2.24) is 5.32 Å². The molecule has 0 atom stereocenters. The first-order valence-corrected chi connectivity index (χ1v) is 9.70. The molecule has 128 valence electrons. The van der Waals surface area contributed by atoms with Gasteiger partial charge in [0.05, 0.1) is 4.90 Å². The molecule has 2 aromatic rings. The SMILES string of the molecule is CCCNc1ccc(C(=O)NCc2ccc(S(C)(=O)=O)cc2)cc1. The highest BCUT2D eigenvalue weighted by atomic mass is 32.2. The number of anilines is 1. The number of benzene rings is 2. The van der Waals surface area contributed by atoms with Crippen molar-refractivity contribution in [3.05, 3.63) is 59.7 Å². The van der Waals surface area contributed by atoms with Crippen LogP contribution in [-0.4, -0.2) is 27.1 Å². The number of amides is 1. The van der Waals surface area contributed by atoms with Crippen LogP contribution < -0.4 is 10.6 Å². The van der Waals surface area contributed by atoms with Crippen molar-refractivity contribution < 1.29 is 13.2 Å². The number of nitrogens with one attached hydrogen (secondary N) is 2. The molecule has 0 aliphatic carbocycles. The van der Waals surface area contributed by atoms with Gasteiger partial charge in [-0.2, -0.15) is 0 Å². The molecule has 0 heterocycles. The molecule has 24 heavy (non-hydrogen) atoms. The summed E-state index contributed by atoms with van der Waals surface area (Å²) in [7, 11) is -3.20. The molecule has 0 unspecified atom stereocenters. The second-order valence-corrected chi connectivity index (χ2v) is 7.62. The first-order chi connectivity index (χ1) is 11.4. The molecule has 2 aromatic carbocycles. The van der Waals surface area contributed by atoms with Crippen molar-refractivity contribution in [1.29, 1.82) is 0 Å². The fourth-order valence-electron chi connectivity index (χ4n) is 2.15. The number of carbonyl (C=O) groups excluding carboxylic acids is 1. The second kappa shape index (κ2) is 7.97. The Bertz CT molecular complexity index is 782. The van der Waals surface area contributed by atoms with Crippen molar-refractivity contribution in [3.63, 3.8) is 0 Å². The van der Waals surface area contributed by atoms with Crippen molar-refractivity contribution in [2.75, 3.05) is 18.1 Å². The predicted octanol–water partition coefficient (Wildman–Crippen LogP) is 2.84. The monoisotopic (exact) mass is 346 g/mol. The molecule has 0 aliphatic rings. The van der Waals surface area contributed by atoms with Crippen LogP contribution in [0, 0.1) is 0 Å². The van der Waals surface area contributed by atoms with Gasteiger partial charge in [-0.15, -0.1) is 0 Å². The van der Waals surface area contributed by atoms with E-state index in [9.17, 15) is 13.2 Å². The Balaban J connectivity index is 1.93. The van der Waals surface area contributed by atoms with E-state index in [1.807, 2.05) is 12.1 Å². The van der Waals surface area contributed by atoms with Gasteiger partial charge in [0.1, 0.15) is 0 Å². The molecule has 0 aromatic heterocycles. The Kier molecular flexibility index (Phi) is 5.98. The normalized spacial score (nSPS) is 11.1. The molecule has 1 amide bonds. The second-order valence-electron chi connectivity index (χ2n) is 5.60. The first kappa shape index (κ1) is 18.0. The van der Waals surface area contributed by atoms with Gasteiger partial charge in [-0.3, -0.25) is 4.79 Å². The minimum atomic E-state index is -3.20. The predicted molar refractivity (Wildman–Crippen MR) is 95.9 cm³/mol. The third kappa shape index (κ3) is 5.09. The lowest BCUT2D eigenvalue weighted by atomic mass is 10.1. The molecule has 6 heteroatoms. The van der Waals surface area contributed by atoms with Gasteiger partial charge in [-0.05, 0) is 48.4 Å². The van der Waals surface area contributed by atoms with Gasteiger partial charge in [0.15, 0.2) is 9.84 Å².